The normalized spacial score (nSPS) is 15.6. The summed E-state index contributed by atoms with van der Waals surface area (Å²) in [5.74, 6) is -0.479. The Morgan fingerprint density at radius 2 is 2.26 bits per heavy atom. The molecule has 102 valence electrons. The quantitative estimate of drug-likeness (QED) is 0.602. The van der Waals surface area contributed by atoms with Crippen molar-refractivity contribution in [3.05, 3.63) is 28.3 Å². The maximum Gasteiger partial charge on any atom is 0.311 e. The molecule has 0 radical (unpaired) electrons. The predicted molar refractivity (Wildman–Crippen MR) is 67.4 cm³/mol. The number of hydrogen-bond acceptors (Lipinski definition) is 5. The van der Waals surface area contributed by atoms with Crippen LogP contribution in [0, 0.1) is 15.5 Å². The standard InChI is InChI=1S/C12H14N2O5/c1-19-8-2-3-9(10(6-8)14(17)18)13-7-12(4-5-12)11(15)16/h2-3,6,13H,4-5,7H2,1H3,(H,15,16). The number of methoxy groups -OCH3 is 1. The van der Waals surface area contributed by atoms with Gasteiger partial charge in [0.1, 0.15) is 11.4 Å². The first-order valence-corrected chi connectivity index (χ1v) is 5.78. The number of nitro groups is 1. The van der Waals surface area contributed by atoms with Crippen LogP contribution in [0.4, 0.5) is 11.4 Å². The Morgan fingerprint density at radius 1 is 1.58 bits per heavy atom. The van der Waals surface area contributed by atoms with Gasteiger partial charge in [-0.15, -0.1) is 0 Å². The van der Waals surface area contributed by atoms with Gasteiger partial charge >= 0.3 is 5.97 Å². The van der Waals surface area contributed by atoms with Crippen molar-refractivity contribution in [2.75, 3.05) is 19.0 Å². The predicted octanol–water partition coefficient (Wildman–Crippen LogP) is 1.88. The molecule has 1 saturated carbocycles. The molecular weight excluding hydrogens is 252 g/mol. The summed E-state index contributed by atoms with van der Waals surface area (Å²) in [7, 11) is 1.43. The minimum Gasteiger partial charge on any atom is -0.496 e. The highest BCUT2D eigenvalue weighted by molar-refractivity contribution is 5.79. The van der Waals surface area contributed by atoms with Crippen molar-refractivity contribution in [1.29, 1.82) is 0 Å². The van der Waals surface area contributed by atoms with Crippen molar-refractivity contribution in [2.24, 2.45) is 5.41 Å². The van der Waals surface area contributed by atoms with Crippen LogP contribution in [0.1, 0.15) is 12.8 Å². The lowest BCUT2D eigenvalue weighted by Crippen LogP contribution is -2.24. The molecule has 0 aromatic heterocycles. The van der Waals surface area contributed by atoms with Gasteiger partial charge in [-0.3, -0.25) is 14.9 Å². The van der Waals surface area contributed by atoms with Crippen molar-refractivity contribution in [2.45, 2.75) is 12.8 Å². The Balaban J connectivity index is 2.16. The first-order chi connectivity index (χ1) is 8.98. The number of aliphatic carboxylic acids is 1. The zero-order chi connectivity index (χ0) is 14.0. The number of carboxylic acid groups (broad SMARTS) is 1. The van der Waals surface area contributed by atoms with Gasteiger partial charge in [-0.25, -0.2) is 0 Å². The van der Waals surface area contributed by atoms with Gasteiger partial charge < -0.3 is 15.2 Å². The summed E-state index contributed by atoms with van der Waals surface area (Å²) in [6.45, 7) is 0.190. The van der Waals surface area contributed by atoms with Crippen LogP contribution in [0.25, 0.3) is 0 Å². The molecule has 2 rings (SSSR count). The third-order valence-electron chi connectivity index (χ3n) is 3.33. The van der Waals surface area contributed by atoms with Crippen LogP contribution in [-0.4, -0.2) is 29.7 Å². The molecular formula is C12H14N2O5. The van der Waals surface area contributed by atoms with Crippen molar-refractivity contribution in [1.82, 2.24) is 0 Å². The highest BCUT2D eigenvalue weighted by Crippen LogP contribution is 2.46. The molecule has 1 aromatic rings. The van der Waals surface area contributed by atoms with Crippen molar-refractivity contribution in [3.8, 4) is 5.75 Å². The Kier molecular flexibility index (Phi) is 3.28. The summed E-state index contributed by atoms with van der Waals surface area (Å²) < 4.78 is 4.93. The zero-order valence-corrected chi connectivity index (χ0v) is 10.4. The van der Waals surface area contributed by atoms with Crippen LogP contribution >= 0.6 is 0 Å². The van der Waals surface area contributed by atoms with E-state index in [2.05, 4.69) is 5.32 Å². The smallest absolute Gasteiger partial charge is 0.311 e. The maximum atomic E-state index is 11.0. The van der Waals surface area contributed by atoms with E-state index >= 15 is 0 Å². The summed E-state index contributed by atoms with van der Waals surface area (Å²) in [6.07, 6.45) is 1.19. The van der Waals surface area contributed by atoms with Gasteiger partial charge in [-0.2, -0.15) is 0 Å². The molecule has 0 aliphatic heterocycles. The van der Waals surface area contributed by atoms with Gasteiger partial charge in [-0.1, -0.05) is 0 Å². The lowest BCUT2D eigenvalue weighted by atomic mass is 10.1. The topological polar surface area (TPSA) is 102 Å². The lowest BCUT2D eigenvalue weighted by Gasteiger charge is -2.12. The fraction of sp³-hybridized carbons (Fsp3) is 0.417. The molecule has 7 nitrogen and oxygen atoms in total. The summed E-state index contributed by atoms with van der Waals surface area (Å²) in [6, 6.07) is 4.42. The molecule has 19 heavy (non-hydrogen) atoms. The summed E-state index contributed by atoms with van der Waals surface area (Å²) in [4.78, 5) is 21.5. The maximum absolute atomic E-state index is 11.0. The van der Waals surface area contributed by atoms with E-state index in [1.807, 2.05) is 0 Å². The monoisotopic (exact) mass is 266 g/mol. The van der Waals surface area contributed by atoms with Crippen molar-refractivity contribution < 1.29 is 19.6 Å². The van der Waals surface area contributed by atoms with Crippen LogP contribution in [-0.2, 0) is 4.79 Å². The Bertz CT molecular complexity index is 525. The first-order valence-electron chi connectivity index (χ1n) is 5.78. The fourth-order valence-corrected chi connectivity index (χ4v) is 1.82. The number of rotatable bonds is 6. The van der Waals surface area contributed by atoms with E-state index < -0.39 is 16.3 Å². The van der Waals surface area contributed by atoms with Gasteiger partial charge in [0.25, 0.3) is 5.69 Å². The van der Waals surface area contributed by atoms with Crippen LogP contribution in [0.3, 0.4) is 0 Å². The Labute approximate surface area is 109 Å². The highest BCUT2D eigenvalue weighted by atomic mass is 16.6. The number of anilines is 1. The van der Waals surface area contributed by atoms with E-state index in [4.69, 9.17) is 9.84 Å². The molecule has 0 heterocycles. The molecule has 0 amide bonds. The second-order valence-corrected chi connectivity index (χ2v) is 4.58. The van der Waals surface area contributed by atoms with Gasteiger partial charge in [0, 0.05) is 6.54 Å². The molecule has 0 atom stereocenters. The lowest BCUT2D eigenvalue weighted by molar-refractivity contribution is -0.384. The molecule has 1 fully saturated rings. The van der Waals surface area contributed by atoms with Crippen molar-refractivity contribution in [3.63, 3.8) is 0 Å². The number of carboxylic acids is 1. The number of nitro benzene ring substituents is 1. The third-order valence-corrected chi connectivity index (χ3v) is 3.33. The van der Waals surface area contributed by atoms with Gasteiger partial charge in [0.2, 0.25) is 0 Å². The van der Waals surface area contributed by atoms with Gasteiger partial charge in [0.05, 0.1) is 23.5 Å². The summed E-state index contributed by atoms with van der Waals surface area (Å²) in [5, 5.41) is 22.9. The first kappa shape index (κ1) is 13.1. The summed E-state index contributed by atoms with van der Waals surface area (Å²) in [5.41, 5.74) is -0.591. The number of benzene rings is 1. The van der Waals surface area contributed by atoms with E-state index in [0.717, 1.165) is 0 Å². The Morgan fingerprint density at radius 3 is 2.74 bits per heavy atom. The minimum atomic E-state index is -0.865. The molecule has 0 saturated heterocycles. The SMILES string of the molecule is COc1ccc(NCC2(C(=O)O)CC2)c([N+](=O)[O-])c1. The molecule has 1 aromatic carbocycles. The van der Waals surface area contributed by atoms with Crippen molar-refractivity contribution >= 4 is 17.3 Å². The van der Waals surface area contributed by atoms with Crippen LogP contribution in [0.5, 0.6) is 5.75 Å². The molecule has 0 unspecified atom stereocenters. The largest absolute Gasteiger partial charge is 0.496 e. The molecule has 0 bridgehead atoms. The van der Waals surface area contributed by atoms with Gasteiger partial charge in [-0.05, 0) is 25.0 Å². The highest BCUT2D eigenvalue weighted by Gasteiger charge is 2.50. The second-order valence-electron chi connectivity index (χ2n) is 4.58. The van der Waals surface area contributed by atoms with E-state index in [1.54, 1.807) is 6.07 Å². The van der Waals surface area contributed by atoms with Crippen LogP contribution < -0.4 is 10.1 Å². The number of carbonyl (C=O) groups is 1. The number of hydrogen-bond donors (Lipinski definition) is 2. The minimum absolute atomic E-state index is 0.125. The summed E-state index contributed by atoms with van der Waals surface area (Å²) >= 11 is 0. The molecule has 1 aliphatic rings. The average molecular weight is 266 g/mol. The number of ether oxygens (including phenoxy) is 1. The molecule has 7 heteroatoms. The Hall–Kier alpha value is -2.31. The van der Waals surface area contributed by atoms with Gasteiger partial charge in [0.15, 0.2) is 0 Å². The number of nitrogens with one attached hydrogen (secondary N) is 1. The molecule has 0 spiro atoms. The third kappa shape index (κ3) is 2.59. The molecule has 1 aliphatic carbocycles. The van der Waals surface area contributed by atoms with Crippen LogP contribution in [0.2, 0.25) is 0 Å². The van der Waals surface area contributed by atoms with E-state index in [-0.39, 0.29) is 12.2 Å². The van der Waals surface area contributed by atoms with E-state index in [0.29, 0.717) is 24.3 Å². The van der Waals surface area contributed by atoms with Crippen LogP contribution in [0.15, 0.2) is 18.2 Å². The van der Waals surface area contributed by atoms with E-state index in [9.17, 15) is 14.9 Å². The fourth-order valence-electron chi connectivity index (χ4n) is 1.82. The second kappa shape index (κ2) is 4.75. The zero-order valence-electron chi connectivity index (χ0n) is 10.4. The van der Waals surface area contributed by atoms with E-state index in [1.165, 1.54) is 19.2 Å². The average Bonchev–Trinajstić information content (AvgIpc) is 3.17. The number of nitrogens with zero attached hydrogens (tertiary/aromatic N) is 1. The molecule has 2 N–H and O–H groups in total.